The van der Waals surface area contributed by atoms with E-state index in [1.807, 2.05) is 13.0 Å². The van der Waals surface area contributed by atoms with Crippen LogP contribution in [0.1, 0.15) is 17.7 Å². The first-order valence-corrected chi connectivity index (χ1v) is 9.71. The lowest BCUT2D eigenvalue weighted by Crippen LogP contribution is -2.39. The molecule has 1 aromatic rings. The molecule has 0 radical (unpaired) electrons. The van der Waals surface area contributed by atoms with E-state index < -0.39 is 10.0 Å². The number of ether oxygens (including phenoxy) is 1. The van der Waals surface area contributed by atoms with E-state index in [1.54, 1.807) is 10.4 Å². The Labute approximate surface area is 130 Å². The van der Waals surface area contributed by atoms with Crippen molar-refractivity contribution in [1.29, 1.82) is 0 Å². The van der Waals surface area contributed by atoms with Crippen molar-refractivity contribution in [3.05, 3.63) is 17.0 Å². The van der Waals surface area contributed by atoms with E-state index in [-0.39, 0.29) is 0 Å². The van der Waals surface area contributed by atoms with Crippen LogP contribution in [-0.2, 0) is 14.8 Å². The first kappa shape index (κ1) is 15.4. The minimum Gasteiger partial charge on any atom is -0.380 e. The Bertz CT molecular complexity index is 579. The molecule has 21 heavy (non-hydrogen) atoms. The van der Waals surface area contributed by atoms with Crippen molar-refractivity contribution in [3.8, 4) is 0 Å². The second-order valence-electron chi connectivity index (χ2n) is 5.68. The van der Waals surface area contributed by atoms with Crippen molar-refractivity contribution in [2.45, 2.75) is 30.0 Å². The van der Waals surface area contributed by atoms with Crippen molar-refractivity contribution in [1.82, 2.24) is 9.21 Å². The Kier molecular flexibility index (Phi) is 4.66. The number of nitrogens with zero attached hydrogens (tertiary/aromatic N) is 2. The average molecular weight is 330 g/mol. The summed E-state index contributed by atoms with van der Waals surface area (Å²) in [6.07, 6.45) is 1.96. The zero-order chi connectivity index (χ0) is 14.9. The first-order valence-electron chi connectivity index (χ1n) is 7.46. The molecule has 118 valence electrons. The molecule has 0 aromatic carbocycles. The Hall–Kier alpha value is -0.470. The molecule has 0 unspecified atom stereocenters. The predicted octanol–water partition coefficient (Wildman–Crippen LogP) is 1.54. The topological polar surface area (TPSA) is 49.9 Å². The lowest BCUT2D eigenvalue weighted by Gasteiger charge is -2.26. The zero-order valence-electron chi connectivity index (χ0n) is 12.3. The number of thiophene rings is 1. The molecule has 3 rings (SSSR count). The van der Waals surface area contributed by atoms with Gasteiger partial charge in [0.05, 0.1) is 6.61 Å². The number of hydrogen-bond acceptors (Lipinski definition) is 5. The van der Waals surface area contributed by atoms with Gasteiger partial charge in [0.1, 0.15) is 4.21 Å². The van der Waals surface area contributed by atoms with E-state index in [2.05, 4.69) is 4.90 Å². The molecule has 0 N–H and O–H groups in total. The van der Waals surface area contributed by atoms with Gasteiger partial charge in [-0.1, -0.05) is 0 Å². The molecule has 0 saturated carbocycles. The Morgan fingerprint density at radius 1 is 1.24 bits per heavy atom. The summed E-state index contributed by atoms with van der Waals surface area (Å²) in [4.78, 5) is 3.43. The van der Waals surface area contributed by atoms with E-state index in [0.29, 0.717) is 23.3 Å². The summed E-state index contributed by atoms with van der Waals surface area (Å²) >= 11 is 1.36. The summed E-state index contributed by atoms with van der Waals surface area (Å²) in [5.41, 5.74) is 0. The standard InChI is InChI=1S/C14H22N2O3S2/c1-12-3-4-14(20-12)21(17,18)16-7-2-6-15(8-9-16)13-5-10-19-11-13/h3-4,13H,2,5-11H2,1H3/t13-/m0/s1. The van der Waals surface area contributed by atoms with Crippen LogP contribution in [-0.4, -0.2) is 63.1 Å². The Balaban J connectivity index is 1.69. The molecule has 7 heteroatoms. The van der Waals surface area contributed by atoms with Crippen molar-refractivity contribution in [3.63, 3.8) is 0 Å². The first-order chi connectivity index (χ1) is 10.1. The molecule has 2 saturated heterocycles. The van der Waals surface area contributed by atoms with E-state index >= 15 is 0 Å². The van der Waals surface area contributed by atoms with Crippen LogP contribution in [0.25, 0.3) is 0 Å². The third kappa shape index (κ3) is 3.32. The van der Waals surface area contributed by atoms with Gasteiger partial charge in [0.2, 0.25) is 0 Å². The second kappa shape index (κ2) is 6.34. The molecule has 2 aliphatic heterocycles. The third-order valence-corrected chi connectivity index (χ3v) is 7.59. The van der Waals surface area contributed by atoms with E-state index in [0.717, 1.165) is 44.0 Å². The molecule has 0 aliphatic carbocycles. The van der Waals surface area contributed by atoms with Crippen LogP contribution in [0.2, 0.25) is 0 Å². The van der Waals surface area contributed by atoms with Crippen LogP contribution in [0.5, 0.6) is 0 Å². The third-order valence-electron chi connectivity index (χ3n) is 4.22. The van der Waals surface area contributed by atoms with Crippen LogP contribution in [0.3, 0.4) is 0 Å². The van der Waals surface area contributed by atoms with Crippen LogP contribution >= 0.6 is 11.3 Å². The Morgan fingerprint density at radius 3 is 2.76 bits per heavy atom. The van der Waals surface area contributed by atoms with Gasteiger partial charge in [-0.05, 0) is 38.4 Å². The van der Waals surface area contributed by atoms with Gasteiger partial charge in [0.15, 0.2) is 0 Å². The van der Waals surface area contributed by atoms with Gasteiger partial charge in [-0.15, -0.1) is 11.3 Å². The van der Waals surface area contributed by atoms with Gasteiger partial charge in [-0.25, -0.2) is 8.42 Å². The fourth-order valence-electron chi connectivity index (χ4n) is 3.01. The second-order valence-corrected chi connectivity index (χ2v) is 9.13. The van der Waals surface area contributed by atoms with Crippen molar-refractivity contribution in [2.24, 2.45) is 0 Å². The molecule has 3 heterocycles. The molecule has 1 atom stereocenters. The van der Waals surface area contributed by atoms with Crippen LogP contribution in [0.4, 0.5) is 0 Å². The molecule has 5 nitrogen and oxygen atoms in total. The minimum absolute atomic E-state index is 0.469. The van der Waals surface area contributed by atoms with E-state index in [1.165, 1.54) is 11.3 Å². The fourth-order valence-corrected chi connectivity index (χ4v) is 5.91. The van der Waals surface area contributed by atoms with Gasteiger partial charge in [0.25, 0.3) is 10.0 Å². The molecule has 1 aromatic heterocycles. The molecular formula is C14H22N2O3S2. The van der Waals surface area contributed by atoms with Gasteiger partial charge < -0.3 is 4.74 Å². The molecule has 0 amide bonds. The maximum absolute atomic E-state index is 12.7. The lowest BCUT2D eigenvalue weighted by atomic mass is 10.2. The van der Waals surface area contributed by atoms with Crippen molar-refractivity contribution in [2.75, 3.05) is 39.4 Å². The number of sulfonamides is 1. The molecule has 2 fully saturated rings. The Morgan fingerprint density at radius 2 is 2.10 bits per heavy atom. The fraction of sp³-hybridized carbons (Fsp3) is 0.714. The maximum Gasteiger partial charge on any atom is 0.252 e. The highest BCUT2D eigenvalue weighted by atomic mass is 32.2. The summed E-state index contributed by atoms with van der Waals surface area (Å²) < 4.78 is 32.9. The van der Waals surface area contributed by atoms with Crippen molar-refractivity contribution < 1.29 is 13.2 Å². The summed E-state index contributed by atoms with van der Waals surface area (Å²) in [6.45, 7) is 6.52. The number of rotatable bonds is 3. The maximum atomic E-state index is 12.7. The lowest BCUT2D eigenvalue weighted by molar-refractivity contribution is 0.147. The largest absolute Gasteiger partial charge is 0.380 e. The normalized spacial score (nSPS) is 26.0. The van der Waals surface area contributed by atoms with Gasteiger partial charge in [0, 0.05) is 37.2 Å². The predicted molar refractivity (Wildman–Crippen MR) is 83.2 cm³/mol. The highest BCUT2D eigenvalue weighted by Gasteiger charge is 2.30. The highest BCUT2D eigenvalue weighted by Crippen LogP contribution is 2.25. The van der Waals surface area contributed by atoms with Crippen LogP contribution in [0.15, 0.2) is 16.3 Å². The average Bonchev–Trinajstić information content (AvgIpc) is 3.06. The zero-order valence-corrected chi connectivity index (χ0v) is 14.0. The molecular weight excluding hydrogens is 308 g/mol. The monoisotopic (exact) mass is 330 g/mol. The minimum atomic E-state index is -3.32. The summed E-state index contributed by atoms with van der Waals surface area (Å²) in [5, 5.41) is 0. The smallest absolute Gasteiger partial charge is 0.252 e. The van der Waals surface area contributed by atoms with Gasteiger partial charge in [-0.3, -0.25) is 4.90 Å². The van der Waals surface area contributed by atoms with Gasteiger partial charge in [-0.2, -0.15) is 4.31 Å². The highest BCUT2D eigenvalue weighted by molar-refractivity contribution is 7.91. The number of aryl methyl sites for hydroxylation is 1. The summed E-state index contributed by atoms with van der Waals surface area (Å²) in [5.74, 6) is 0. The van der Waals surface area contributed by atoms with Crippen molar-refractivity contribution >= 4 is 21.4 Å². The van der Waals surface area contributed by atoms with Gasteiger partial charge >= 0.3 is 0 Å². The summed E-state index contributed by atoms with van der Waals surface area (Å²) in [7, 11) is -3.32. The van der Waals surface area contributed by atoms with E-state index in [9.17, 15) is 8.42 Å². The molecule has 0 bridgehead atoms. The molecule has 2 aliphatic rings. The number of hydrogen-bond donors (Lipinski definition) is 0. The quantitative estimate of drug-likeness (QED) is 0.844. The SMILES string of the molecule is Cc1ccc(S(=O)(=O)N2CCCN([C@H]3CCOC3)CC2)s1. The van der Waals surface area contributed by atoms with Crippen LogP contribution < -0.4 is 0 Å². The molecule has 0 spiro atoms. The van der Waals surface area contributed by atoms with Crippen LogP contribution in [0, 0.1) is 6.92 Å². The van der Waals surface area contributed by atoms with E-state index in [4.69, 9.17) is 4.74 Å². The summed E-state index contributed by atoms with van der Waals surface area (Å²) in [6, 6.07) is 4.07.